The van der Waals surface area contributed by atoms with Gasteiger partial charge in [0, 0.05) is 3.57 Å². The molecule has 3 N–H and O–H groups in total. The van der Waals surface area contributed by atoms with Crippen molar-refractivity contribution in [2.24, 2.45) is 0 Å². The minimum absolute atomic E-state index is 0. The summed E-state index contributed by atoms with van der Waals surface area (Å²) < 4.78 is 1.34. The van der Waals surface area contributed by atoms with Crippen LogP contribution in [0.25, 0.3) is 10.8 Å². The van der Waals surface area contributed by atoms with Crippen molar-refractivity contribution in [1.29, 1.82) is 0 Å². The lowest BCUT2D eigenvalue weighted by atomic mass is 10.1. The topological polar surface area (TPSA) is 35.0 Å². The van der Waals surface area contributed by atoms with E-state index in [1.165, 1.54) is 19.9 Å². The van der Waals surface area contributed by atoms with Crippen LogP contribution >= 0.6 is 22.6 Å². The number of hydrogen-bond donors (Lipinski definition) is 1. The fourth-order valence-electron chi connectivity index (χ4n) is 1.33. The summed E-state index contributed by atoms with van der Waals surface area (Å²) in [4.78, 5) is 0. The minimum atomic E-state index is 0. The van der Waals surface area contributed by atoms with Crippen molar-refractivity contribution in [3.8, 4) is 0 Å². The molecule has 0 aliphatic heterocycles. The van der Waals surface area contributed by atoms with E-state index in [0.29, 0.717) is 0 Å². The molecule has 2 heteroatoms. The Morgan fingerprint density at radius 1 is 1.00 bits per heavy atom. The van der Waals surface area contributed by atoms with Crippen molar-refractivity contribution >= 4 is 33.4 Å². The molecule has 1 nitrogen and oxygen atoms in total. The first-order chi connectivity index (χ1) is 5.77. The van der Waals surface area contributed by atoms with Crippen LogP contribution in [0.2, 0.25) is 0 Å². The standard InChI is InChI=1S/C11H9I.H3N/c1-8-6-9-4-2-3-5-10(9)7-11(8)12;/h2-7H,1H3;1H3. The molecule has 0 atom stereocenters. The summed E-state index contributed by atoms with van der Waals surface area (Å²) in [6.45, 7) is 2.15. The maximum Gasteiger partial charge on any atom is 0.0165 e. The van der Waals surface area contributed by atoms with E-state index in [9.17, 15) is 0 Å². The van der Waals surface area contributed by atoms with E-state index < -0.39 is 0 Å². The molecule has 0 fully saturated rings. The summed E-state index contributed by atoms with van der Waals surface area (Å²) in [7, 11) is 0. The maximum absolute atomic E-state index is 2.37. The lowest BCUT2D eigenvalue weighted by Crippen LogP contribution is -1.80. The summed E-state index contributed by atoms with van der Waals surface area (Å²) in [6.07, 6.45) is 0. The van der Waals surface area contributed by atoms with Gasteiger partial charge >= 0.3 is 0 Å². The molecule has 0 aliphatic carbocycles. The number of halogens is 1. The van der Waals surface area contributed by atoms with E-state index in [4.69, 9.17) is 0 Å². The van der Waals surface area contributed by atoms with Gasteiger partial charge in [0.25, 0.3) is 0 Å². The summed E-state index contributed by atoms with van der Waals surface area (Å²) >= 11 is 2.37. The molecule has 0 unspecified atom stereocenters. The fraction of sp³-hybridized carbons (Fsp3) is 0.0909. The first-order valence-corrected chi connectivity index (χ1v) is 5.00. The van der Waals surface area contributed by atoms with Gasteiger partial charge in [-0.25, -0.2) is 0 Å². The molecule has 0 spiro atoms. The molecule has 0 aliphatic rings. The Hall–Kier alpha value is -0.610. The van der Waals surface area contributed by atoms with Crippen LogP contribution in [0, 0.1) is 10.5 Å². The quantitative estimate of drug-likeness (QED) is 0.732. The second-order valence-corrected chi connectivity index (χ2v) is 4.11. The lowest BCUT2D eigenvalue weighted by molar-refractivity contribution is 1.46. The van der Waals surface area contributed by atoms with Crippen LogP contribution in [-0.2, 0) is 0 Å². The van der Waals surface area contributed by atoms with E-state index in [1.807, 2.05) is 0 Å². The second-order valence-electron chi connectivity index (χ2n) is 2.95. The average molecular weight is 285 g/mol. The third kappa shape index (κ3) is 2.00. The lowest BCUT2D eigenvalue weighted by Gasteiger charge is -2.01. The molecule has 0 radical (unpaired) electrons. The zero-order chi connectivity index (χ0) is 8.55. The molecule has 2 aromatic rings. The highest BCUT2D eigenvalue weighted by Gasteiger charge is 1.96. The van der Waals surface area contributed by atoms with Crippen molar-refractivity contribution in [2.75, 3.05) is 0 Å². The normalized spacial score (nSPS) is 9.69. The fourth-order valence-corrected chi connectivity index (χ4v) is 1.82. The van der Waals surface area contributed by atoms with Crippen LogP contribution in [-0.4, -0.2) is 0 Å². The first-order valence-electron chi connectivity index (χ1n) is 3.92. The third-order valence-corrected chi connectivity index (χ3v) is 3.19. The molecule has 0 amide bonds. The number of benzene rings is 2. The molecule has 0 heterocycles. The van der Waals surface area contributed by atoms with Crippen LogP contribution in [0.15, 0.2) is 36.4 Å². The van der Waals surface area contributed by atoms with Gasteiger partial charge in [-0.05, 0) is 51.9 Å². The largest absolute Gasteiger partial charge is 0.344 e. The molecule has 13 heavy (non-hydrogen) atoms. The van der Waals surface area contributed by atoms with Gasteiger partial charge < -0.3 is 6.15 Å². The van der Waals surface area contributed by atoms with Gasteiger partial charge in [-0.15, -0.1) is 0 Å². The zero-order valence-electron chi connectivity index (χ0n) is 7.55. The van der Waals surface area contributed by atoms with Gasteiger partial charge in [-0.3, -0.25) is 0 Å². The Balaban J connectivity index is 0.000000845. The number of aryl methyl sites for hydroxylation is 1. The molecule has 0 aromatic heterocycles. The Labute approximate surface area is 91.9 Å². The summed E-state index contributed by atoms with van der Waals surface area (Å²) in [5.74, 6) is 0. The Morgan fingerprint density at radius 3 is 2.15 bits per heavy atom. The number of fused-ring (bicyclic) bond motifs is 1. The van der Waals surface area contributed by atoms with E-state index in [1.54, 1.807) is 0 Å². The highest BCUT2D eigenvalue weighted by molar-refractivity contribution is 14.1. The van der Waals surface area contributed by atoms with Crippen molar-refractivity contribution in [1.82, 2.24) is 6.15 Å². The maximum atomic E-state index is 2.37. The van der Waals surface area contributed by atoms with Gasteiger partial charge in [-0.2, -0.15) is 0 Å². The van der Waals surface area contributed by atoms with Gasteiger partial charge in [0.15, 0.2) is 0 Å². The highest BCUT2D eigenvalue weighted by atomic mass is 127. The average Bonchev–Trinajstić information content (AvgIpc) is 2.07. The predicted molar refractivity (Wildman–Crippen MR) is 66.4 cm³/mol. The summed E-state index contributed by atoms with van der Waals surface area (Å²) in [5, 5.41) is 2.66. The van der Waals surface area contributed by atoms with E-state index in [0.717, 1.165) is 0 Å². The highest BCUT2D eigenvalue weighted by Crippen LogP contribution is 2.20. The predicted octanol–water partition coefficient (Wildman–Crippen LogP) is 3.91. The summed E-state index contributed by atoms with van der Waals surface area (Å²) in [6, 6.07) is 12.9. The third-order valence-electron chi connectivity index (χ3n) is 2.03. The molecule has 68 valence electrons. The molecule has 2 rings (SSSR count). The van der Waals surface area contributed by atoms with E-state index in [2.05, 4.69) is 65.9 Å². The molecular weight excluding hydrogens is 273 g/mol. The van der Waals surface area contributed by atoms with E-state index in [-0.39, 0.29) is 6.15 Å². The monoisotopic (exact) mass is 285 g/mol. The number of hydrogen-bond acceptors (Lipinski definition) is 1. The van der Waals surface area contributed by atoms with Gasteiger partial charge in [-0.1, -0.05) is 30.3 Å². The van der Waals surface area contributed by atoms with E-state index >= 15 is 0 Å². The van der Waals surface area contributed by atoms with Crippen molar-refractivity contribution in [3.05, 3.63) is 45.5 Å². The molecule has 0 saturated heterocycles. The van der Waals surface area contributed by atoms with Crippen molar-refractivity contribution < 1.29 is 0 Å². The van der Waals surface area contributed by atoms with Crippen molar-refractivity contribution in [3.63, 3.8) is 0 Å². The van der Waals surface area contributed by atoms with Gasteiger partial charge in [0.2, 0.25) is 0 Å². The second kappa shape index (κ2) is 4.07. The van der Waals surface area contributed by atoms with Crippen LogP contribution in [0.1, 0.15) is 5.56 Å². The number of rotatable bonds is 0. The smallest absolute Gasteiger partial charge is 0.0165 e. The SMILES string of the molecule is Cc1cc2ccccc2cc1I.N. The summed E-state index contributed by atoms with van der Waals surface area (Å²) in [5.41, 5.74) is 1.36. The Kier molecular flexibility index (Phi) is 3.27. The van der Waals surface area contributed by atoms with Gasteiger partial charge in [0.05, 0.1) is 0 Å². The Bertz CT molecular complexity index is 383. The van der Waals surface area contributed by atoms with Crippen LogP contribution in [0.4, 0.5) is 0 Å². The van der Waals surface area contributed by atoms with Crippen LogP contribution in [0.3, 0.4) is 0 Å². The molecule has 0 bridgehead atoms. The van der Waals surface area contributed by atoms with Gasteiger partial charge in [0.1, 0.15) is 0 Å². The Morgan fingerprint density at radius 2 is 1.54 bits per heavy atom. The van der Waals surface area contributed by atoms with Crippen LogP contribution < -0.4 is 6.15 Å². The molecule has 2 aromatic carbocycles. The van der Waals surface area contributed by atoms with Crippen LogP contribution in [0.5, 0.6) is 0 Å². The molecular formula is C11H12IN. The van der Waals surface area contributed by atoms with Crippen molar-refractivity contribution in [2.45, 2.75) is 6.92 Å². The first kappa shape index (κ1) is 10.5. The minimum Gasteiger partial charge on any atom is -0.344 e. The molecule has 0 saturated carbocycles. The zero-order valence-corrected chi connectivity index (χ0v) is 9.71.